The number of amides is 1. The van der Waals surface area contributed by atoms with Crippen molar-refractivity contribution in [1.29, 1.82) is 0 Å². The minimum absolute atomic E-state index is 0.119. The number of benzene rings is 1. The first kappa shape index (κ1) is 17.6. The molecule has 1 aliphatic heterocycles. The molecule has 1 amide bonds. The number of carbonyl (C=O) groups is 1. The van der Waals surface area contributed by atoms with Crippen molar-refractivity contribution in [2.75, 3.05) is 7.05 Å². The highest BCUT2D eigenvalue weighted by Crippen LogP contribution is 2.16. The van der Waals surface area contributed by atoms with Crippen molar-refractivity contribution in [2.24, 2.45) is 0 Å². The zero-order valence-corrected chi connectivity index (χ0v) is 15.1. The standard InChI is InChI=1S/C19H27N5O/c1-14(2)18-20-9-10-24(18)13-16-11-17(22-21-16)19(25)23(3)12-15-7-5-4-6-8-15/h4-10,14,16-17,21-22H,11-13H2,1-3H3. The molecule has 134 valence electrons. The van der Waals surface area contributed by atoms with E-state index in [1.165, 1.54) is 0 Å². The second-order valence-electron chi connectivity index (χ2n) is 7.05. The Morgan fingerprint density at radius 3 is 2.80 bits per heavy atom. The summed E-state index contributed by atoms with van der Waals surface area (Å²) in [6.45, 7) is 5.72. The van der Waals surface area contributed by atoms with Gasteiger partial charge in [-0.3, -0.25) is 10.2 Å². The predicted molar refractivity (Wildman–Crippen MR) is 97.7 cm³/mol. The molecular weight excluding hydrogens is 314 g/mol. The van der Waals surface area contributed by atoms with E-state index in [-0.39, 0.29) is 18.0 Å². The van der Waals surface area contributed by atoms with Gasteiger partial charge in [0.25, 0.3) is 0 Å². The number of imidazole rings is 1. The molecule has 0 radical (unpaired) electrons. The van der Waals surface area contributed by atoms with Gasteiger partial charge in [-0.05, 0) is 12.0 Å². The third-order valence-electron chi connectivity index (χ3n) is 4.60. The fourth-order valence-electron chi connectivity index (χ4n) is 3.32. The van der Waals surface area contributed by atoms with E-state index >= 15 is 0 Å². The number of carbonyl (C=O) groups excluding carboxylic acids is 1. The minimum Gasteiger partial charge on any atom is -0.340 e. The average molecular weight is 341 g/mol. The molecule has 2 atom stereocenters. The second-order valence-corrected chi connectivity index (χ2v) is 7.05. The Morgan fingerprint density at radius 1 is 1.32 bits per heavy atom. The fourth-order valence-corrected chi connectivity index (χ4v) is 3.32. The molecule has 1 aromatic carbocycles. The van der Waals surface area contributed by atoms with Gasteiger partial charge in [0.15, 0.2) is 0 Å². The van der Waals surface area contributed by atoms with Gasteiger partial charge in [0, 0.05) is 44.5 Å². The molecule has 0 aliphatic carbocycles. The number of likely N-dealkylation sites (N-methyl/N-ethyl adjacent to an activating group) is 1. The number of hydrogen-bond donors (Lipinski definition) is 2. The van der Waals surface area contributed by atoms with E-state index in [2.05, 4.69) is 34.3 Å². The highest BCUT2D eigenvalue weighted by atomic mass is 16.2. The molecule has 1 saturated heterocycles. The number of nitrogens with zero attached hydrogens (tertiary/aromatic N) is 3. The van der Waals surface area contributed by atoms with Crippen LogP contribution in [0.3, 0.4) is 0 Å². The van der Waals surface area contributed by atoms with Crippen LogP contribution in [0.1, 0.15) is 37.6 Å². The van der Waals surface area contributed by atoms with Crippen LogP contribution < -0.4 is 10.9 Å². The van der Waals surface area contributed by atoms with Crippen LogP contribution in [-0.4, -0.2) is 39.5 Å². The lowest BCUT2D eigenvalue weighted by molar-refractivity contribution is -0.132. The molecule has 0 bridgehead atoms. The van der Waals surface area contributed by atoms with E-state index in [1.54, 1.807) is 4.90 Å². The van der Waals surface area contributed by atoms with Crippen LogP contribution in [0.2, 0.25) is 0 Å². The van der Waals surface area contributed by atoms with Gasteiger partial charge in [-0.2, -0.15) is 0 Å². The van der Waals surface area contributed by atoms with Crippen LogP contribution in [0.25, 0.3) is 0 Å². The van der Waals surface area contributed by atoms with Crippen LogP contribution in [-0.2, 0) is 17.9 Å². The molecule has 0 saturated carbocycles. The van der Waals surface area contributed by atoms with Gasteiger partial charge in [-0.25, -0.2) is 10.4 Å². The summed E-state index contributed by atoms with van der Waals surface area (Å²) in [6, 6.07) is 10.1. The number of hydrazine groups is 1. The van der Waals surface area contributed by atoms with Crippen molar-refractivity contribution in [2.45, 2.75) is 51.4 Å². The Balaban J connectivity index is 1.55. The lowest BCUT2D eigenvalue weighted by Gasteiger charge is -2.21. The molecule has 1 aromatic heterocycles. The Labute approximate surface area is 149 Å². The van der Waals surface area contributed by atoms with Crippen molar-refractivity contribution in [1.82, 2.24) is 25.3 Å². The quantitative estimate of drug-likeness (QED) is 0.842. The normalized spacial score (nSPS) is 20.2. The van der Waals surface area contributed by atoms with Crippen LogP contribution in [0.4, 0.5) is 0 Å². The number of nitrogens with one attached hydrogen (secondary N) is 2. The van der Waals surface area contributed by atoms with E-state index in [9.17, 15) is 4.79 Å². The molecule has 2 unspecified atom stereocenters. The summed E-state index contributed by atoms with van der Waals surface area (Å²) in [5, 5.41) is 0. The minimum atomic E-state index is -0.190. The number of aromatic nitrogens is 2. The SMILES string of the molecule is CC(C)c1nccn1CC1CC(C(=O)N(C)Cc2ccccc2)NN1. The van der Waals surface area contributed by atoms with Crippen LogP contribution in [0.15, 0.2) is 42.7 Å². The van der Waals surface area contributed by atoms with E-state index in [1.807, 2.05) is 49.8 Å². The van der Waals surface area contributed by atoms with Gasteiger partial charge < -0.3 is 9.47 Å². The topological polar surface area (TPSA) is 62.2 Å². The Hall–Kier alpha value is -2.18. The molecule has 1 fully saturated rings. The molecule has 6 heteroatoms. The highest BCUT2D eigenvalue weighted by Gasteiger charge is 2.31. The molecule has 1 aliphatic rings. The monoisotopic (exact) mass is 341 g/mol. The zero-order valence-electron chi connectivity index (χ0n) is 15.1. The van der Waals surface area contributed by atoms with E-state index in [0.717, 1.165) is 24.4 Å². The third kappa shape index (κ3) is 4.27. The Kier molecular flexibility index (Phi) is 5.50. The lowest BCUT2D eigenvalue weighted by Crippen LogP contribution is -2.44. The smallest absolute Gasteiger partial charge is 0.241 e. The van der Waals surface area contributed by atoms with Crippen molar-refractivity contribution < 1.29 is 4.79 Å². The molecule has 3 rings (SSSR count). The molecule has 25 heavy (non-hydrogen) atoms. The van der Waals surface area contributed by atoms with Crippen LogP contribution in [0.5, 0.6) is 0 Å². The Morgan fingerprint density at radius 2 is 2.08 bits per heavy atom. The Bertz CT molecular complexity index is 697. The first-order chi connectivity index (χ1) is 12.0. The first-order valence-electron chi connectivity index (χ1n) is 8.85. The van der Waals surface area contributed by atoms with Gasteiger partial charge in [-0.1, -0.05) is 44.2 Å². The van der Waals surface area contributed by atoms with Crippen LogP contribution >= 0.6 is 0 Å². The summed E-state index contributed by atoms with van der Waals surface area (Å²) >= 11 is 0. The largest absolute Gasteiger partial charge is 0.340 e. The van der Waals surface area contributed by atoms with Crippen LogP contribution in [0, 0.1) is 0 Å². The highest BCUT2D eigenvalue weighted by molar-refractivity contribution is 5.82. The van der Waals surface area contributed by atoms with Gasteiger partial charge in [0.2, 0.25) is 5.91 Å². The molecule has 0 spiro atoms. The van der Waals surface area contributed by atoms with Gasteiger partial charge in [0.1, 0.15) is 11.9 Å². The predicted octanol–water partition coefficient (Wildman–Crippen LogP) is 1.90. The second kappa shape index (κ2) is 7.80. The summed E-state index contributed by atoms with van der Waals surface area (Å²) < 4.78 is 2.17. The van der Waals surface area contributed by atoms with Crippen molar-refractivity contribution in [3.8, 4) is 0 Å². The summed E-state index contributed by atoms with van der Waals surface area (Å²) in [4.78, 5) is 18.9. The average Bonchev–Trinajstić information content (AvgIpc) is 3.25. The van der Waals surface area contributed by atoms with Gasteiger partial charge >= 0.3 is 0 Å². The molecular formula is C19H27N5O. The summed E-state index contributed by atoms with van der Waals surface area (Å²) in [7, 11) is 1.86. The molecule has 6 nitrogen and oxygen atoms in total. The fraction of sp³-hybridized carbons (Fsp3) is 0.474. The van der Waals surface area contributed by atoms with Gasteiger partial charge in [0.05, 0.1) is 0 Å². The zero-order chi connectivity index (χ0) is 17.8. The first-order valence-corrected chi connectivity index (χ1v) is 8.85. The number of rotatable bonds is 6. The summed E-state index contributed by atoms with van der Waals surface area (Å²) in [5.74, 6) is 1.59. The molecule has 2 aromatic rings. The molecule has 2 N–H and O–H groups in total. The number of hydrogen-bond acceptors (Lipinski definition) is 4. The molecule has 2 heterocycles. The van der Waals surface area contributed by atoms with Gasteiger partial charge in [-0.15, -0.1) is 0 Å². The van der Waals surface area contributed by atoms with E-state index in [4.69, 9.17) is 0 Å². The maximum Gasteiger partial charge on any atom is 0.241 e. The summed E-state index contributed by atoms with van der Waals surface area (Å²) in [6.07, 6.45) is 4.62. The lowest BCUT2D eigenvalue weighted by atomic mass is 10.1. The van der Waals surface area contributed by atoms with E-state index in [0.29, 0.717) is 12.5 Å². The maximum absolute atomic E-state index is 12.7. The van der Waals surface area contributed by atoms with E-state index < -0.39 is 0 Å². The summed E-state index contributed by atoms with van der Waals surface area (Å²) in [5.41, 5.74) is 7.56. The van der Waals surface area contributed by atoms with Crippen molar-refractivity contribution >= 4 is 5.91 Å². The third-order valence-corrected chi connectivity index (χ3v) is 4.60. The maximum atomic E-state index is 12.7. The van der Waals surface area contributed by atoms with Crippen molar-refractivity contribution in [3.63, 3.8) is 0 Å². The van der Waals surface area contributed by atoms with Crippen molar-refractivity contribution in [3.05, 3.63) is 54.1 Å².